The lowest BCUT2D eigenvalue weighted by Gasteiger charge is -2.38. The Morgan fingerprint density at radius 3 is 2.52 bits per heavy atom. The van der Waals surface area contributed by atoms with E-state index in [0.717, 1.165) is 27.7 Å². The van der Waals surface area contributed by atoms with E-state index < -0.39 is 5.92 Å². The van der Waals surface area contributed by atoms with Crippen molar-refractivity contribution in [3.05, 3.63) is 97.4 Å². The predicted octanol–water partition coefficient (Wildman–Crippen LogP) is 6.03. The second kappa shape index (κ2) is 8.61. The van der Waals surface area contributed by atoms with Crippen LogP contribution in [0.3, 0.4) is 0 Å². The molecule has 0 fully saturated rings. The topological polar surface area (TPSA) is 74.8 Å². The van der Waals surface area contributed by atoms with E-state index in [1.807, 2.05) is 42.5 Å². The summed E-state index contributed by atoms with van der Waals surface area (Å²) in [5.41, 5.74) is 3.81. The van der Waals surface area contributed by atoms with Gasteiger partial charge in [-0.25, -0.2) is 4.98 Å². The lowest BCUT2D eigenvalue weighted by atomic mass is 9.69. The first-order chi connectivity index (χ1) is 15.8. The summed E-state index contributed by atoms with van der Waals surface area (Å²) >= 11 is 4.98. The van der Waals surface area contributed by atoms with Crippen molar-refractivity contribution in [1.29, 1.82) is 0 Å². The molecule has 1 unspecified atom stereocenters. The van der Waals surface area contributed by atoms with Crippen molar-refractivity contribution in [3.63, 3.8) is 0 Å². The summed E-state index contributed by atoms with van der Waals surface area (Å²) in [6, 6.07) is 17.9. The molecule has 2 N–H and O–H groups in total. The van der Waals surface area contributed by atoms with Gasteiger partial charge < -0.3 is 10.3 Å². The van der Waals surface area contributed by atoms with Gasteiger partial charge in [0.25, 0.3) is 5.56 Å². The maximum Gasteiger partial charge on any atom is 0.257 e. The number of aromatic amines is 1. The summed E-state index contributed by atoms with van der Waals surface area (Å²) < 4.78 is 0.949. The number of hydrogen-bond acceptors (Lipinski definition) is 5. The average molecular weight is 522 g/mol. The van der Waals surface area contributed by atoms with Crippen molar-refractivity contribution in [2.24, 2.45) is 5.41 Å². The molecule has 0 saturated carbocycles. The summed E-state index contributed by atoms with van der Waals surface area (Å²) in [5, 5.41) is 3.95. The van der Waals surface area contributed by atoms with Crippen LogP contribution in [0.1, 0.15) is 49.3 Å². The average Bonchev–Trinajstić information content (AvgIpc) is 2.77. The fraction of sp³-hybridized carbons (Fsp3) is 0.269. The molecule has 3 aromatic rings. The van der Waals surface area contributed by atoms with Crippen LogP contribution in [-0.4, -0.2) is 15.8 Å². The van der Waals surface area contributed by atoms with Crippen LogP contribution in [0.2, 0.25) is 0 Å². The third kappa shape index (κ3) is 4.44. The monoisotopic (exact) mass is 521 g/mol. The van der Waals surface area contributed by atoms with Gasteiger partial charge in [-0.2, -0.15) is 0 Å². The van der Waals surface area contributed by atoms with Gasteiger partial charge in [-0.1, -0.05) is 84.0 Å². The Morgan fingerprint density at radius 1 is 1.06 bits per heavy atom. The number of carbonyl (C=O) groups excluding carboxylic acids is 1. The van der Waals surface area contributed by atoms with E-state index in [4.69, 9.17) is 4.98 Å². The Hall–Kier alpha value is -2.64. The maximum atomic E-state index is 13.4. The molecule has 5 rings (SSSR count). The molecule has 33 heavy (non-hydrogen) atoms. The molecule has 1 atom stereocenters. The largest absolute Gasteiger partial charge is 0.343 e. The standard InChI is InChI=1S/C26H24BrN3O2S/c1-26(2)12-18-21(19(31)13-26)20(16-8-10-17(27)11-9-16)22-23(28-18)29-25(30-24(22)32)33-14-15-6-4-3-5-7-15/h3-11,20H,12-14H2,1-2H3,(H2,28,29,30,32). The molecular weight excluding hydrogens is 498 g/mol. The molecule has 2 aliphatic rings. The van der Waals surface area contributed by atoms with Crippen molar-refractivity contribution < 1.29 is 4.79 Å². The smallest absolute Gasteiger partial charge is 0.257 e. The first kappa shape index (κ1) is 22.2. The molecule has 168 valence electrons. The number of halogens is 1. The molecule has 2 heterocycles. The molecule has 1 aliphatic heterocycles. The van der Waals surface area contributed by atoms with Crippen LogP contribution in [0.4, 0.5) is 5.82 Å². The third-order valence-electron chi connectivity index (χ3n) is 6.12. The first-order valence-electron chi connectivity index (χ1n) is 10.9. The summed E-state index contributed by atoms with van der Waals surface area (Å²) in [7, 11) is 0. The molecule has 0 saturated heterocycles. The first-order valence-corrected chi connectivity index (χ1v) is 12.7. The molecule has 0 radical (unpaired) electrons. The van der Waals surface area contributed by atoms with Crippen LogP contribution in [0.25, 0.3) is 0 Å². The number of benzene rings is 2. The lowest BCUT2D eigenvalue weighted by Crippen LogP contribution is -2.37. The normalized spacial score (nSPS) is 19.0. The van der Waals surface area contributed by atoms with E-state index in [2.05, 4.69) is 52.2 Å². The Bertz CT molecular complexity index is 1310. The fourth-order valence-electron chi connectivity index (χ4n) is 4.68. The predicted molar refractivity (Wildman–Crippen MR) is 136 cm³/mol. The number of thioether (sulfide) groups is 1. The number of nitrogens with one attached hydrogen (secondary N) is 2. The number of fused-ring (bicyclic) bond motifs is 1. The zero-order valence-electron chi connectivity index (χ0n) is 18.4. The molecular formula is C26H24BrN3O2S. The van der Waals surface area contributed by atoms with E-state index in [1.54, 1.807) is 0 Å². The van der Waals surface area contributed by atoms with Gasteiger partial charge in [0.15, 0.2) is 10.9 Å². The number of H-pyrrole nitrogens is 1. The Balaban J connectivity index is 1.59. The number of anilines is 1. The Kier molecular flexibility index (Phi) is 5.79. The zero-order chi connectivity index (χ0) is 23.2. The summed E-state index contributed by atoms with van der Waals surface area (Å²) in [5.74, 6) is 0.913. The van der Waals surface area contributed by atoms with Crippen LogP contribution >= 0.6 is 27.7 Å². The fourth-order valence-corrected chi connectivity index (χ4v) is 5.76. The number of Topliss-reactive ketones (excluding diaryl/α,β-unsaturated/α-hetero) is 1. The number of aromatic nitrogens is 2. The van der Waals surface area contributed by atoms with E-state index in [1.165, 1.54) is 11.8 Å². The second-order valence-electron chi connectivity index (χ2n) is 9.35. The summed E-state index contributed by atoms with van der Waals surface area (Å²) in [6.45, 7) is 4.21. The number of rotatable bonds is 4. The number of allylic oxidation sites excluding steroid dienone is 2. The highest BCUT2D eigenvalue weighted by Crippen LogP contribution is 2.47. The van der Waals surface area contributed by atoms with Crippen LogP contribution in [0.5, 0.6) is 0 Å². The molecule has 0 bridgehead atoms. The minimum Gasteiger partial charge on any atom is -0.343 e. The number of hydrogen-bond donors (Lipinski definition) is 2. The molecule has 0 spiro atoms. The third-order valence-corrected chi connectivity index (χ3v) is 7.60. The minimum atomic E-state index is -0.433. The van der Waals surface area contributed by atoms with Crippen LogP contribution in [0.15, 0.2) is 80.3 Å². The number of ketones is 1. The quantitative estimate of drug-likeness (QED) is 0.324. The van der Waals surface area contributed by atoms with Crippen LogP contribution in [0, 0.1) is 5.41 Å². The maximum absolute atomic E-state index is 13.4. The second-order valence-corrected chi connectivity index (χ2v) is 11.2. The van der Waals surface area contributed by atoms with E-state index in [9.17, 15) is 9.59 Å². The summed E-state index contributed by atoms with van der Waals surface area (Å²) in [4.78, 5) is 34.4. The minimum absolute atomic E-state index is 0.0919. The zero-order valence-corrected chi connectivity index (χ0v) is 20.8. The lowest BCUT2D eigenvalue weighted by molar-refractivity contribution is -0.118. The highest BCUT2D eigenvalue weighted by molar-refractivity contribution is 9.10. The van der Waals surface area contributed by atoms with Crippen molar-refractivity contribution in [2.75, 3.05) is 5.32 Å². The van der Waals surface area contributed by atoms with Crippen LogP contribution in [-0.2, 0) is 10.5 Å². The summed E-state index contributed by atoms with van der Waals surface area (Å²) in [6.07, 6.45) is 1.20. The molecule has 1 aliphatic carbocycles. The van der Waals surface area contributed by atoms with Crippen molar-refractivity contribution >= 4 is 39.3 Å². The van der Waals surface area contributed by atoms with Gasteiger partial charge in [0, 0.05) is 33.8 Å². The molecule has 1 aromatic heterocycles. The molecule has 0 amide bonds. The molecule has 7 heteroatoms. The van der Waals surface area contributed by atoms with Gasteiger partial charge in [0.2, 0.25) is 0 Å². The van der Waals surface area contributed by atoms with Crippen LogP contribution < -0.4 is 10.9 Å². The van der Waals surface area contributed by atoms with E-state index in [0.29, 0.717) is 34.3 Å². The molecule has 5 nitrogen and oxygen atoms in total. The van der Waals surface area contributed by atoms with Gasteiger partial charge in [-0.3, -0.25) is 9.59 Å². The van der Waals surface area contributed by atoms with Crippen molar-refractivity contribution in [1.82, 2.24) is 9.97 Å². The molecule has 2 aromatic carbocycles. The SMILES string of the molecule is CC1(C)CC(=O)C2=C(C1)Nc1nc(SCc3ccccc3)[nH]c(=O)c1C2c1ccc(Br)cc1. The van der Waals surface area contributed by atoms with Crippen molar-refractivity contribution in [3.8, 4) is 0 Å². The number of nitrogens with zero attached hydrogens (tertiary/aromatic N) is 1. The van der Waals surface area contributed by atoms with Gasteiger partial charge in [-0.15, -0.1) is 0 Å². The van der Waals surface area contributed by atoms with Gasteiger partial charge in [-0.05, 0) is 35.1 Å². The van der Waals surface area contributed by atoms with Crippen molar-refractivity contribution in [2.45, 2.75) is 43.5 Å². The van der Waals surface area contributed by atoms with Gasteiger partial charge in [0.05, 0.1) is 5.56 Å². The highest BCUT2D eigenvalue weighted by atomic mass is 79.9. The number of carbonyl (C=O) groups is 1. The van der Waals surface area contributed by atoms with Gasteiger partial charge >= 0.3 is 0 Å². The highest BCUT2D eigenvalue weighted by Gasteiger charge is 2.42. The Labute approximate surface area is 205 Å². The van der Waals surface area contributed by atoms with Gasteiger partial charge in [0.1, 0.15) is 5.82 Å². The van der Waals surface area contributed by atoms with E-state index >= 15 is 0 Å². The van der Waals surface area contributed by atoms with E-state index in [-0.39, 0.29) is 16.8 Å². The Morgan fingerprint density at radius 2 is 1.79 bits per heavy atom.